The van der Waals surface area contributed by atoms with Crippen LogP contribution in [-0.2, 0) is 11.3 Å². The maximum Gasteiger partial charge on any atom is 0.308 e. The van der Waals surface area contributed by atoms with Crippen molar-refractivity contribution >= 4 is 34.7 Å². The topological polar surface area (TPSA) is 69.6 Å². The first-order valence-electron chi connectivity index (χ1n) is 9.66. The zero-order valence-electron chi connectivity index (χ0n) is 16.3. The molecule has 6 nitrogen and oxygen atoms in total. The summed E-state index contributed by atoms with van der Waals surface area (Å²) in [6.45, 7) is 0.625. The summed E-state index contributed by atoms with van der Waals surface area (Å²) in [5.74, 6) is 2.54. The summed E-state index contributed by atoms with van der Waals surface area (Å²) < 4.78 is 12.8. The Bertz CT molecular complexity index is 1170. The molecule has 2 atom stereocenters. The molecule has 8 heteroatoms. The number of ether oxygens (including phenoxy) is 2. The summed E-state index contributed by atoms with van der Waals surface area (Å²) in [6.07, 6.45) is 0. The zero-order chi connectivity index (χ0) is 20.7. The summed E-state index contributed by atoms with van der Waals surface area (Å²) >= 11 is 2.89. The van der Waals surface area contributed by atoms with Gasteiger partial charge in [0.1, 0.15) is 18.0 Å². The molecule has 0 spiro atoms. The highest BCUT2D eigenvalue weighted by Gasteiger charge is 2.39. The number of hydrogen-bond acceptors (Lipinski definition) is 6. The molecule has 3 aromatic rings. The molecule has 0 radical (unpaired) electrons. The molecule has 1 amide bonds. The Labute approximate surface area is 181 Å². The van der Waals surface area contributed by atoms with Crippen molar-refractivity contribution in [2.24, 2.45) is 5.92 Å². The Balaban J connectivity index is 1.45. The first-order valence-corrected chi connectivity index (χ1v) is 11.5. The number of fused-ring (bicyclic) bond motifs is 5. The average Bonchev–Trinajstić information content (AvgIpc) is 3.09. The highest BCUT2D eigenvalue weighted by atomic mass is 32.2. The quantitative estimate of drug-likeness (QED) is 0.668. The van der Waals surface area contributed by atoms with Gasteiger partial charge in [-0.15, -0.1) is 11.8 Å². The van der Waals surface area contributed by atoms with Crippen LogP contribution in [0.15, 0.2) is 58.4 Å². The van der Waals surface area contributed by atoms with Gasteiger partial charge >= 0.3 is 4.87 Å². The molecule has 2 aliphatic rings. The number of benzene rings is 2. The number of nitrogens with one attached hydrogen (secondary N) is 1. The van der Waals surface area contributed by atoms with Crippen LogP contribution in [0.25, 0.3) is 0 Å². The largest absolute Gasteiger partial charge is 0.495 e. The molecule has 154 valence electrons. The fourth-order valence-electron chi connectivity index (χ4n) is 4.07. The standard InChI is InChI=1S/C22H20N2O4S2/c1-27-17-9-5-3-7-15(17)23-18(25)10-24-21-20(30-22(24)26)19-13(12-29-21)11-28-16-8-4-2-6-14(16)19/h2-9,13,19H,10-12H2,1H3,(H,23,25)/t13-,19-/m0/s1. The number of amides is 1. The van der Waals surface area contributed by atoms with Gasteiger partial charge in [-0.3, -0.25) is 14.2 Å². The van der Waals surface area contributed by atoms with Crippen LogP contribution in [0.1, 0.15) is 16.4 Å². The van der Waals surface area contributed by atoms with E-state index in [4.69, 9.17) is 9.47 Å². The number of carbonyl (C=O) groups is 1. The maximum atomic E-state index is 12.8. The molecule has 0 saturated heterocycles. The fourth-order valence-corrected chi connectivity index (χ4v) is 6.76. The van der Waals surface area contributed by atoms with Crippen LogP contribution in [0, 0.1) is 5.92 Å². The van der Waals surface area contributed by atoms with Gasteiger partial charge in [0.25, 0.3) is 0 Å². The second-order valence-electron chi connectivity index (χ2n) is 7.27. The monoisotopic (exact) mass is 440 g/mol. The van der Waals surface area contributed by atoms with Gasteiger partial charge in [0.15, 0.2) is 0 Å². The molecule has 2 aromatic carbocycles. The third-order valence-corrected chi connectivity index (χ3v) is 7.95. The predicted molar refractivity (Wildman–Crippen MR) is 118 cm³/mol. The number of methoxy groups -OCH3 is 1. The van der Waals surface area contributed by atoms with E-state index < -0.39 is 0 Å². The molecular weight excluding hydrogens is 420 g/mol. The number of rotatable bonds is 4. The number of carbonyl (C=O) groups excluding carboxylic acids is 1. The number of nitrogens with zero attached hydrogens (tertiary/aromatic N) is 1. The third kappa shape index (κ3) is 3.30. The van der Waals surface area contributed by atoms with E-state index in [2.05, 4.69) is 11.4 Å². The highest BCUT2D eigenvalue weighted by Crippen LogP contribution is 2.50. The number of hydrogen-bond donors (Lipinski definition) is 1. The van der Waals surface area contributed by atoms with Crippen LogP contribution in [0.3, 0.4) is 0 Å². The van der Waals surface area contributed by atoms with Crippen molar-refractivity contribution in [2.45, 2.75) is 17.5 Å². The Morgan fingerprint density at radius 1 is 1.23 bits per heavy atom. The second-order valence-corrected chi connectivity index (χ2v) is 9.27. The highest BCUT2D eigenvalue weighted by molar-refractivity contribution is 7.99. The van der Waals surface area contributed by atoms with Crippen molar-refractivity contribution in [2.75, 3.05) is 24.8 Å². The number of aromatic nitrogens is 1. The van der Waals surface area contributed by atoms with E-state index >= 15 is 0 Å². The van der Waals surface area contributed by atoms with Gasteiger partial charge in [-0.25, -0.2) is 0 Å². The van der Waals surface area contributed by atoms with E-state index in [-0.39, 0.29) is 23.2 Å². The summed E-state index contributed by atoms with van der Waals surface area (Å²) in [5, 5.41) is 3.76. The van der Waals surface area contributed by atoms with Crippen molar-refractivity contribution in [1.29, 1.82) is 0 Å². The lowest BCUT2D eigenvalue weighted by molar-refractivity contribution is -0.116. The molecule has 3 heterocycles. The van der Waals surface area contributed by atoms with Crippen LogP contribution in [0.4, 0.5) is 5.69 Å². The average molecular weight is 441 g/mol. The van der Waals surface area contributed by atoms with Gasteiger partial charge < -0.3 is 14.8 Å². The van der Waals surface area contributed by atoms with E-state index in [1.165, 1.54) is 11.3 Å². The molecule has 0 unspecified atom stereocenters. The maximum absolute atomic E-state index is 12.8. The Morgan fingerprint density at radius 2 is 2.03 bits per heavy atom. The smallest absolute Gasteiger partial charge is 0.308 e. The van der Waals surface area contributed by atoms with Crippen LogP contribution in [0.5, 0.6) is 11.5 Å². The van der Waals surface area contributed by atoms with Gasteiger partial charge in [0.05, 0.1) is 24.4 Å². The molecule has 30 heavy (non-hydrogen) atoms. The molecule has 5 rings (SSSR count). The Hall–Kier alpha value is -2.71. The predicted octanol–water partition coefficient (Wildman–Crippen LogP) is 3.80. The van der Waals surface area contributed by atoms with Crippen LogP contribution < -0.4 is 19.7 Å². The lowest BCUT2D eigenvalue weighted by Gasteiger charge is -2.36. The van der Waals surface area contributed by atoms with Crippen molar-refractivity contribution in [3.8, 4) is 11.5 Å². The minimum Gasteiger partial charge on any atom is -0.495 e. The SMILES string of the molecule is COc1ccccc1NC(=O)Cn1c2c(sc1=O)[C@@H]1c3ccccc3OC[C@H]1CS2. The van der Waals surface area contributed by atoms with Crippen LogP contribution in [-0.4, -0.2) is 29.9 Å². The number of para-hydroxylation sites is 3. The molecule has 0 fully saturated rings. The van der Waals surface area contributed by atoms with E-state index in [1.807, 2.05) is 30.3 Å². The van der Waals surface area contributed by atoms with Crippen molar-refractivity contribution < 1.29 is 14.3 Å². The Morgan fingerprint density at radius 3 is 2.90 bits per heavy atom. The van der Waals surface area contributed by atoms with E-state index in [0.717, 1.165) is 27.0 Å². The number of anilines is 1. The lowest BCUT2D eigenvalue weighted by Crippen LogP contribution is -2.31. The Kier molecular flexibility index (Phi) is 5.04. The van der Waals surface area contributed by atoms with Gasteiger partial charge in [-0.1, -0.05) is 41.7 Å². The fraction of sp³-hybridized carbons (Fsp3) is 0.273. The number of thioether (sulfide) groups is 1. The van der Waals surface area contributed by atoms with E-state index in [0.29, 0.717) is 24.0 Å². The number of thiazole rings is 1. The molecule has 0 bridgehead atoms. The van der Waals surface area contributed by atoms with Gasteiger partial charge in [-0.05, 0) is 18.2 Å². The summed E-state index contributed by atoms with van der Waals surface area (Å²) in [6, 6.07) is 15.3. The first kappa shape index (κ1) is 19.3. The minimum absolute atomic E-state index is 0.0226. The van der Waals surface area contributed by atoms with Crippen molar-refractivity contribution in [3.05, 3.63) is 68.6 Å². The summed E-state index contributed by atoms with van der Waals surface area (Å²) in [5.41, 5.74) is 1.72. The first-order chi connectivity index (χ1) is 14.7. The zero-order valence-corrected chi connectivity index (χ0v) is 17.9. The van der Waals surface area contributed by atoms with Crippen molar-refractivity contribution in [3.63, 3.8) is 0 Å². The van der Waals surface area contributed by atoms with Gasteiger partial charge in [-0.2, -0.15) is 0 Å². The normalized spacial score (nSPS) is 19.1. The minimum atomic E-state index is -0.252. The summed E-state index contributed by atoms with van der Waals surface area (Å²) in [4.78, 5) is 26.5. The second kappa shape index (κ2) is 7.85. The molecule has 2 aliphatic heterocycles. The third-order valence-electron chi connectivity index (χ3n) is 5.45. The van der Waals surface area contributed by atoms with Crippen LogP contribution in [0.2, 0.25) is 0 Å². The summed E-state index contributed by atoms with van der Waals surface area (Å²) in [7, 11) is 1.56. The molecule has 0 saturated carbocycles. The van der Waals surface area contributed by atoms with Crippen LogP contribution >= 0.6 is 23.1 Å². The van der Waals surface area contributed by atoms with Gasteiger partial charge in [0.2, 0.25) is 5.91 Å². The van der Waals surface area contributed by atoms with E-state index in [1.54, 1.807) is 35.6 Å². The van der Waals surface area contributed by atoms with Gasteiger partial charge in [0, 0.05) is 28.0 Å². The van der Waals surface area contributed by atoms with E-state index in [9.17, 15) is 9.59 Å². The molecule has 1 N–H and O–H groups in total. The molecule has 0 aliphatic carbocycles. The lowest BCUT2D eigenvalue weighted by atomic mass is 9.84. The van der Waals surface area contributed by atoms with Crippen molar-refractivity contribution in [1.82, 2.24) is 4.57 Å². The molecular formula is C22H20N2O4S2. The molecule has 1 aromatic heterocycles.